The fraction of sp³-hybridized carbons (Fsp3) is 0.500. The molecule has 0 aromatic heterocycles. The fourth-order valence-electron chi connectivity index (χ4n) is 2.98. The molecule has 2 rings (SSSR count). The molecule has 2 atom stereocenters. The Labute approximate surface area is 105 Å². The van der Waals surface area contributed by atoms with Gasteiger partial charge in [0.05, 0.1) is 0 Å². The molecule has 1 N–H and O–H groups in total. The van der Waals surface area contributed by atoms with Crippen LogP contribution in [0, 0.1) is 5.92 Å². The van der Waals surface area contributed by atoms with E-state index in [0.717, 1.165) is 12.3 Å². The summed E-state index contributed by atoms with van der Waals surface area (Å²) in [5.41, 5.74) is 3.12. The highest BCUT2D eigenvalue weighted by Gasteiger charge is 2.24. The van der Waals surface area contributed by atoms with Crippen molar-refractivity contribution in [2.75, 3.05) is 7.05 Å². The lowest BCUT2D eigenvalue weighted by molar-refractivity contribution is 0.321. The van der Waals surface area contributed by atoms with Crippen molar-refractivity contribution in [3.05, 3.63) is 48.0 Å². The summed E-state index contributed by atoms with van der Waals surface area (Å²) in [5.74, 6) is 0.787. The van der Waals surface area contributed by atoms with E-state index in [2.05, 4.69) is 43.2 Å². The molecule has 92 valence electrons. The maximum Gasteiger partial charge on any atom is 0.00985 e. The maximum atomic E-state index is 3.82. The SMILES string of the molecule is C=CCCC(NC)C1CCc2ccccc2C1. The Morgan fingerprint density at radius 2 is 2.18 bits per heavy atom. The quantitative estimate of drug-likeness (QED) is 0.764. The van der Waals surface area contributed by atoms with Crippen molar-refractivity contribution in [2.45, 2.75) is 38.1 Å². The van der Waals surface area contributed by atoms with E-state index in [1.54, 1.807) is 11.1 Å². The summed E-state index contributed by atoms with van der Waals surface area (Å²) in [6.45, 7) is 3.82. The molecule has 0 saturated carbocycles. The Hall–Kier alpha value is -1.08. The third kappa shape index (κ3) is 2.98. The maximum absolute atomic E-state index is 3.82. The second-order valence-electron chi connectivity index (χ2n) is 5.03. The van der Waals surface area contributed by atoms with E-state index in [9.17, 15) is 0 Å². The normalized spacial score (nSPS) is 20.6. The molecule has 1 aromatic carbocycles. The smallest absolute Gasteiger partial charge is 0.00985 e. The summed E-state index contributed by atoms with van der Waals surface area (Å²) in [6, 6.07) is 9.54. The first-order valence-corrected chi connectivity index (χ1v) is 6.70. The van der Waals surface area contributed by atoms with E-state index in [-0.39, 0.29) is 0 Å². The number of nitrogens with one attached hydrogen (secondary N) is 1. The number of allylic oxidation sites excluding steroid dienone is 1. The molecule has 0 bridgehead atoms. The monoisotopic (exact) mass is 229 g/mol. The Kier molecular flexibility index (Phi) is 4.38. The lowest BCUT2D eigenvalue weighted by atomic mass is 9.79. The third-order valence-corrected chi connectivity index (χ3v) is 4.01. The van der Waals surface area contributed by atoms with Crippen LogP contribution in [0.1, 0.15) is 30.4 Å². The summed E-state index contributed by atoms with van der Waals surface area (Å²) < 4.78 is 0. The molecule has 0 amide bonds. The van der Waals surface area contributed by atoms with Crippen LogP contribution >= 0.6 is 0 Å². The van der Waals surface area contributed by atoms with E-state index in [4.69, 9.17) is 0 Å². The number of benzene rings is 1. The number of hydrogen-bond acceptors (Lipinski definition) is 1. The van der Waals surface area contributed by atoms with Gasteiger partial charge in [-0.15, -0.1) is 6.58 Å². The molecule has 0 spiro atoms. The van der Waals surface area contributed by atoms with Crippen LogP contribution in [-0.2, 0) is 12.8 Å². The van der Waals surface area contributed by atoms with Crippen molar-refractivity contribution in [1.82, 2.24) is 5.32 Å². The van der Waals surface area contributed by atoms with Gasteiger partial charge in [0.1, 0.15) is 0 Å². The zero-order valence-corrected chi connectivity index (χ0v) is 10.8. The van der Waals surface area contributed by atoms with Gasteiger partial charge < -0.3 is 5.32 Å². The van der Waals surface area contributed by atoms with Crippen molar-refractivity contribution in [2.24, 2.45) is 5.92 Å². The van der Waals surface area contributed by atoms with Crippen LogP contribution in [-0.4, -0.2) is 13.1 Å². The average molecular weight is 229 g/mol. The highest BCUT2D eigenvalue weighted by atomic mass is 14.9. The van der Waals surface area contributed by atoms with Crippen LogP contribution in [0.4, 0.5) is 0 Å². The van der Waals surface area contributed by atoms with Gasteiger partial charge in [-0.2, -0.15) is 0 Å². The predicted octanol–water partition coefficient (Wildman–Crippen LogP) is 3.35. The molecule has 0 saturated heterocycles. The zero-order chi connectivity index (χ0) is 12.1. The van der Waals surface area contributed by atoms with Gasteiger partial charge in [0, 0.05) is 6.04 Å². The van der Waals surface area contributed by atoms with Gasteiger partial charge in [0.2, 0.25) is 0 Å². The number of hydrogen-bond donors (Lipinski definition) is 1. The minimum Gasteiger partial charge on any atom is -0.317 e. The predicted molar refractivity (Wildman–Crippen MR) is 74.2 cm³/mol. The summed E-state index contributed by atoms with van der Waals surface area (Å²) >= 11 is 0. The summed E-state index contributed by atoms with van der Waals surface area (Å²) in [4.78, 5) is 0. The lowest BCUT2D eigenvalue weighted by Crippen LogP contribution is -2.36. The summed E-state index contributed by atoms with van der Waals surface area (Å²) in [7, 11) is 2.09. The van der Waals surface area contributed by atoms with Gasteiger partial charge in [-0.05, 0) is 56.2 Å². The molecule has 1 aliphatic rings. The molecular weight excluding hydrogens is 206 g/mol. The number of fused-ring (bicyclic) bond motifs is 1. The van der Waals surface area contributed by atoms with Crippen molar-refractivity contribution >= 4 is 0 Å². The minimum absolute atomic E-state index is 0.640. The van der Waals surface area contributed by atoms with E-state index in [1.165, 1.54) is 25.7 Å². The van der Waals surface area contributed by atoms with Crippen LogP contribution in [0.5, 0.6) is 0 Å². The summed E-state index contributed by atoms with van der Waals surface area (Å²) in [5, 5.41) is 3.49. The van der Waals surface area contributed by atoms with Gasteiger partial charge in [-0.25, -0.2) is 0 Å². The Morgan fingerprint density at radius 1 is 1.41 bits per heavy atom. The topological polar surface area (TPSA) is 12.0 Å². The zero-order valence-electron chi connectivity index (χ0n) is 10.8. The Bertz CT molecular complexity index is 370. The van der Waals surface area contributed by atoms with Crippen LogP contribution < -0.4 is 5.32 Å². The number of aryl methyl sites for hydroxylation is 1. The molecule has 0 fully saturated rings. The molecule has 17 heavy (non-hydrogen) atoms. The first-order valence-electron chi connectivity index (χ1n) is 6.70. The van der Waals surface area contributed by atoms with Crippen LogP contribution in [0.2, 0.25) is 0 Å². The fourth-order valence-corrected chi connectivity index (χ4v) is 2.98. The Morgan fingerprint density at radius 3 is 2.88 bits per heavy atom. The van der Waals surface area contributed by atoms with Gasteiger partial charge in [-0.3, -0.25) is 0 Å². The lowest BCUT2D eigenvalue weighted by Gasteiger charge is -2.31. The standard InChI is InChI=1S/C16H23N/c1-3-4-9-16(17-2)15-11-10-13-7-5-6-8-14(13)12-15/h3,5-8,15-17H,1,4,9-12H2,2H3. The third-order valence-electron chi connectivity index (χ3n) is 4.01. The van der Waals surface area contributed by atoms with Crippen molar-refractivity contribution in [3.8, 4) is 0 Å². The highest BCUT2D eigenvalue weighted by molar-refractivity contribution is 5.30. The van der Waals surface area contributed by atoms with Gasteiger partial charge >= 0.3 is 0 Å². The van der Waals surface area contributed by atoms with Gasteiger partial charge in [0.15, 0.2) is 0 Å². The van der Waals surface area contributed by atoms with Gasteiger partial charge in [0.25, 0.3) is 0 Å². The molecule has 0 radical (unpaired) electrons. The molecule has 0 aliphatic heterocycles. The first kappa shape index (κ1) is 12.4. The average Bonchev–Trinajstić information content (AvgIpc) is 2.39. The summed E-state index contributed by atoms with van der Waals surface area (Å²) in [6.07, 6.45) is 8.16. The number of rotatable bonds is 5. The van der Waals surface area contributed by atoms with Crippen molar-refractivity contribution in [1.29, 1.82) is 0 Å². The van der Waals surface area contributed by atoms with Gasteiger partial charge in [-0.1, -0.05) is 30.3 Å². The first-order chi connectivity index (χ1) is 8.35. The van der Waals surface area contributed by atoms with Crippen LogP contribution in [0.3, 0.4) is 0 Å². The molecule has 1 heteroatoms. The van der Waals surface area contributed by atoms with Crippen molar-refractivity contribution in [3.63, 3.8) is 0 Å². The van der Waals surface area contributed by atoms with E-state index in [0.29, 0.717) is 6.04 Å². The van der Waals surface area contributed by atoms with Crippen LogP contribution in [0.15, 0.2) is 36.9 Å². The molecule has 1 aliphatic carbocycles. The molecule has 0 heterocycles. The minimum atomic E-state index is 0.640. The molecule has 1 aromatic rings. The highest BCUT2D eigenvalue weighted by Crippen LogP contribution is 2.28. The van der Waals surface area contributed by atoms with E-state index < -0.39 is 0 Å². The molecule has 2 unspecified atom stereocenters. The van der Waals surface area contributed by atoms with Crippen molar-refractivity contribution < 1.29 is 0 Å². The largest absolute Gasteiger partial charge is 0.317 e. The molecule has 1 nitrogen and oxygen atoms in total. The molecular formula is C16H23N. The van der Waals surface area contributed by atoms with Crippen LogP contribution in [0.25, 0.3) is 0 Å². The second kappa shape index (κ2) is 6.02. The Balaban J connectivity index is 2.02. The van der Waals surface area contributed by atoms with E-state index in [1.807, 2.05) is 6.08 Å². The van der Waals surface area contributed by atoms with E-state index >= 15 is 0 Å². The second-order valence-corrected chi connectivity index (χ2v) is 5.03.